The maximum atomic E-state index is 11.4. The highest BCUT2D eigenvalue weighted by Crippen LogP contribution is 2.19. The number of carboxylic acid groups (broad SMARTS) is 1. The fraction of sp³-hybridized carbons (Fsp3) is 0.800. The molecule has 0 aromatic rings. The van der Waals surface area contributed by atoms with E-state index in [0.29, 0.717) is 6.54 Å². The van der Waals surface area contributed by atoms with Crippen LogP contribution in [0, 0.1) is 5.41 Å². The summed E-state index contributed by atoms with van der Waals surface area (Å²) in [6, 6.07) is 0. The second-order valence-corrected chi connectivity index (χ2v) is 6.28. The van der Waals surface area contributed by atoms with Gasteiger partial charge in [-0.25, -0.2) is 0 Å². The van der Waals surface area contributed by atoms with Crippen LogP contribution in [0.25, 0.3) is 0 Å². The molecule has 0 saturated heterocycles. The number of hydrogen-bond acceptors (Lipinski definition) is 3. The van der Waals surface area contributed by atoms with Gasteiger partial charge in [0.2, 0.25) is 5.91 Å². The molecule has 0 spiro atoms. The summed E-state index contributed by atoms with van der Waals surface area (Å²) in [4.78, 5) is 22.2. The first-order chi connectivity index (χ1) is 7.16. The fourth-order valence-electron chi connectivity index (χ4n) is 0.914. The molecule has 0 heterocycles. The maximum absolute atomic E-state index is 11.4. The first-order valence-corrected chi connectivity index (χ1v) is 6.61. The molecule has 0 fully saturated rings. The lowest BCUT2D eigenvalue weighted by Crippen LogP contribution is -2.37. The molecule has 16 heavy (non-hydrogen) atoms. The predicted octanol–water partition coefficient (Wildman–Crippen LogP) is 0.370. The van der Waals surface area contributed by atoms with Crippen molar-refractivity contribution in [2.75, 3.05) is 12.8 Å². The van der Waals surface area contributed by atoms with Crippen LogP contribution in [0.3, 0.4) is 0 Å². The van der Waals surface area contributed by atoms with Crippen LogP contribution < -0.4 is 5.32 Å². The van der Waals surface area contributed by atoms with Gasteiger partial charge in [-0.1, -0.05) is 0 Å². The zero-order valence-electron chi connectivity index (χ0n) is 10.1. The molecule has 5 nitrogen and oxygen atoms in total. The van der Waals surface area contributed by atoms with Gasteiger partial charge in [0.15, 0.2) is 0 Å². The smallest absolute Gasteiger partial charge is 0.309 e. The third-order valence-corrected chi connectivity index (χ3v) is 3.63. The van der Waals surface area contributed by atoms with Crippen molar-refractivity contribution in [1.29, 1.82) is 0 Å². The topological polar surface area (TPSA) is 83.5 Å². The van der Waals surface area contributed by atoms with Gasteiger partial charge in [-0.2, -0.15) is 0 Å². The van der Waals surface area contributed by atoms with Crippen LogP contribution in [0.1, 0.15) is 27.2 Å². The van der Waals surface area contributed by atoms with Crippen molar-refractivity contribution >= 4 is 22.7 Å². The van der Waals surface area contributed by atoms with Gasteiger partial charge in [-0.05, 0) is 20.8 Å². The zero-order chi connectivity index (χ0) is 12.9. The minimum Gasteiger partial charge on any atom is -0.481 e. The Hall–Kier alpha value is -0.910. The maximum Gasteiger partial charge on any atom is 0.309 e. The highest BCUT2D eigenvalue weighted by atomic mass is 32.2. The number of amides is 1. The van der Waals surface area contributed by atoms with Crippen LogP contribution in [-0.4, -0.2) is 39.2 Å². The average molecular weight is 249 g/mol. The van der Waals surface area contributed by atoms with E-state index < -0.39 is 22.2 Å². The van der Waals surface area contributed by atoms with Gasteiger partial charge in [0.25, 0.3) is 0 Å². The van der Waals surface area contributed by atoms with E-state index >= 15 is 0 Å². The fourth-order valence-corrected chi connectivity index (χ4v) is 1.23. The van der Waals surface area contributed by atoms with Crippen LogP contribution >= 0.6 is 0 Å². The Bertz CT molecular complexity index is 301. The van der Waals surface area contributed by atoms with E-state index in [2.05, 4.69) is 5.32 Å². The summed E-state index contributed by atoms with van der Waals surface area (Å²) in [5.41, 5.74) is -1.07. The van der Waals surface area contributed by atoms with E-state index in [1.54, 1.807) is 13.2 Å². The molecular weight excluding hydrogens is 230 g/mol. The molecule has 0 radical (unpaired) electrons. The zero-order valence-corrected chi connectivity index (χ0v) is 10.9. The lowest BCUT2D eigenvalue weighted by atomic mass is 9.89. The van der Waals surface area contributed by atoms with Crippen LogP contribution in [0.5, 0.6) is 0 Å². The largest absolute Gasteiger partial charge is 0.481 e. The van der Waals surface area contributed by atoms with E-state index in [4.69, 9.17) is 5.11 Å². The second kappa shape index (κ2) is 5.98. The van der Waals surface area contributed by atoms with E-state index in [1.807, 2.05) is 0 Å². The normalized spacial score (nSPS) is 15.2. The molecule has 94 valence electrons. The molecular formula is C10H19NO4S. The second-order valence-electron chi connectivity index (χ2n) is 4.48. The molecule has 2 unspecified atom stereocenters. The summed E-state index contributed by atoms with van der Waals surface area (Å²) in [6.45, 7) is 5.06. The molecule has 2 atom stereocenters. The summed E-state index contributed by atoms with van der Waals surface area (Å²) >= 11 is 0. The molecule has 0 saturated carbocycles. The molecule has 0 aromatic carbocycles. The lowest BCUT2D eigenvalue weighted by molar-refractivity contribution is -0.149. The number of hydrogen-bond donors (Lipinski definition) is 2. The number of carbonyl (C=O) groups is 2. The van der Waals surface area contributed by atoms with E-state index in [-0.39, 0.29) is 17.6 Å². The molecule has 0 aliphatic carbocycles. The number of carboxylic acids is 1. The quantitative estimate of drug-likeness (QED) is 0.712. The number of nitrogens with one attached hydrogen (secondary N) is 1. The Labute approximate surface area is 98.1 Å². The number of aliphatic carboxylic acids is 1. The summed E-state index contributed by atoms with van der Waals surface area (Å²) in [5, 5.41) is 11.3. The minimum absolute atomic E-state index is 0.0780. The van der Waals surface area contributed by atoms with Crippen LogP contribution in [0.15, 0.2) is 0 Å². The van der Waals surface area contributed by atoms with E-state index in [0.717, 1.165) is 0 Å². The summed E-state index contributed by atoms with van der Waals surface area (Å²) in [6.07, 6.45) is 1.49. The number of rotatable bonds is 6. The SMILES string of the molecule is CC(CNC(=O)CC(C)(C)C(=O)O)S(C)=O. The Balaban J connectivity index is 4.11. The lowest BCUT2D eigenvalue weighted by Gasteiger charge is -2.18. The first kappa shape index (κ1) is 15.1. The molecule has 0 aliphatic rings. The molecule has 2 N–H and O–H groups in total. The average Bonchev–Trinajstić information content (AvgIpc) is 2.12. The Kier molecular flexibility index (Phi) is 5.64. The van der Waals surface area contributed by atoms with Gasteiger partial charge in [-0.15, -0.1) is 0 Å². The minimum atomic E-state index is -1.07. The van der Waals surface area contributed by atoms with Crippen LogP contribution in [0.4, 0.5) is 0 Å². The van der Waals surface area contributed by atoms with Gasteiger partial charge in [0.1, 0.15) is 0 Å². The Morgan fingerprint density at radius 1 is 1.44 bits per heavy atom. The first-order valence-electron chi connectivity index (χ1n) is 4.99. The monoisotopic (exact) mass is 249 g/mol. The predicted molar refractivity (Wildman–Crippen MR) is 62.6 cm³/mol. The van der Waals surface area contributed by atoms with Crippen molar-refractivity contribution in [3.05, 3.63) is 0 Å². The molecule has 0 rings (SSSR count). The van der Waals surface area contributed by atoms with Crippen molar-refractivity contribution < 1.29 is 18.9 Å². The third-order valence-electron chi connectivity index (χ3n) is 2.33. The van der Waals surface area contributed by atoms with Gasteiger partial charge >= 0.3 is 5.97 Å². The van der Waals surface area contributed by atoms with Gasteiger partial charge in [0.05, 0.1) is 5.41 Å². The Morgan fingerprint density at radius 2 is 1.94 bits per heavy atom. The van der Waals surface area contributed by atoms with Gasteiger partial charge < -0.3 is 10.4 Å². The third kappa shape index (κ3) is 5.25. The standard InChI is InChI=1S/C10H19NO4S/c1-7(16(4)15)6-11-8(12)5-10(2,3)9(13)14/h7H,5-6H2,1-4H3,(H,11,12)(H,13,14). The van der Waals surface area contributed by atoms with Gasteiger partial charge in [-0.3, -0.25) is 13.8 Å². The highest BCUT2D eigenvalue weighted by molar-refractivity contribution is 7.84. The molecule has 6 heteroatoms. The molecule has 0 aliphatic heterocycles. The van der Waals surface area contributed by atoms with Crippen molar-refractivity contribution in [3.8, 4) is 0 Å². The molecule has 0 bridgehead atoms. The van der Waals surface area contributed by atoms with E-state index in [1.165, 1.54) is 13.8 Å². The van der Waals surface area contributed by atoms with Crippen molar-refractivity contribution in [2.45, 2.75) is 32.4 Å². The molecule has 0 aromatic heterocycles. The number of carbonyl (C=O) groups excluding carboxylic acids is 1. The van der Waals surface area contributed by atoms with Crippen LogP contribution in [-0.2, 0) is 20.4 Å². The highest BCUT2D eigenvalue weighted by Gasteiger charge is 2.30. The summed E-state index contributed by atoms with van der Waals surface area (Å²) in [5.74, 6) is -1.33. The van der Waals surface area contributed by atoms with Gasteiger partial charge in [0, 0.05) is 35.3 Å². The Morgan fingerprint density at radius 3 is 2.31 bits per heavy atom. The van der Waals surface area contributed by atoms with Crippen LogP contribution in [0.2, 0.25) is 0 Å². The summed E-state index contributed by atoms with van der Waals surface area (Å²) < 4.78 is 11.0. The molecule has 1 amide bonds. The van der Waals surface area contributed by atoms with E-state index in [9.17, 15) is 13.8 Å². The summed E-state index contributed by atoms with van der Waals surface area (Å²) in [7, 11) is -0.990. The van der Waals surface area contributed by atoms with Crippen molar-refractivity contribution in [3.63, 3.8) is 0 Å². The van der Waals surface area contributed by atoms with Crippen molar-refractivity contribution in [1.82, 2.24) is 5.32 Å². The van der Waals surface area contributed by atoms with Crippen molar-refractivity contribution in [2.24, 2.45) is 5.41 Å².